The molecule has 0 fully saturated rings. The third-order valence-corrected chi connectivity index (χ3v) is 4.09. The normalized spacial score (nSPS) is 12.4. The van der Waals surface area contributed by atoms with Gasteiger partial charge in [0.1, 0.15) is 5.82 Å². The molecule has 0 aromatic carbocycles. The van der Waals surface area contributed by atoms with Gasteiger partial charge in [0.05, 0.1) is 0 Å². The van der Waals surface area contributed by atoms with Crippen molar-refractivity contribution in [3.8, 4) is 0 Å². The maximum Gasteiger partial charge on any atom is 0.129 e. The number of aryl methyl sites for hydroxylation is 1. The molecule has 21 heavy (non-hydrogen) atoms. The van der Waals surface area contributed by atoms with E-state index < -0.39 is 0 Å². The largest absolute Gasteiger partial charge is 0.354 e. The molecular weight excluding hydrogens is 258 g/mol. The second-order valence-corrected chi connectivity index (χ2v) is 5.89. The van der Waals surface area contributed by atoms with Crippen molar-refractivity contribution in [1.82, 2.24) is 10.3 Å². The highest BCUT2D eigenvalue weighted by Gasteiger charge is 2.14. The molecule has 120 valence electrons. The van der Waals surface area contributed by atoms with E-state index >= 15 is 0 Å². The molecule has 1 aromatic heterocycles. The Kier molecular flexibility index (Phi) is 8.36. The van der Waals surface area contributed by atoms with Gasteiger partial charge in [-0.25, -0.2) is 4.98 Å². The minimum Gasteiger partial charge on any atom is -0.354 e. The minimum atomic E-state index is 0.549. The lowest BCUT2D eigenvalue weighted by molar-refractivity contribution is 0.588. The zero-order valence-electron chi connectivity index (χ0n) is 14.6. The summed E-state index contributed by atoms with van der Waals surface area (Å²) in [6, 6.07) is 4.98. The number of rotatable bonds is 10. The first kappa shape index (κ1) is 18.0. The fourth-order valence-electron chi connectivity index (χ4n) is 2.43. The van der Waals surface area contributed by atoms with Crippen molar-refractivity contribution in [1.29, 1.82) is 0 Å². The van der Waals surface area contributed by atoms with Gasteiger partial charge in [-0.15, -0.1) is 0 Å². The lowest BCUT2D eigenvalue weighted by Crippen LogP contribution is -2.34. The minimum absolute atomic E-state index is 0.549. The van der Waals surface area contributed by atoms with E-state index in [9.17, 15) is 0 Å². The van der Waals surface area contributed by atoms with Crippen LogP contribution in [0.3, 0.4) is 0 Å². The van der Waals surface area contributed by atoms with Crippen molar-refractivity contribution in [2.75, 3.05) is 18.0 Å². The molecule has 3 nitrogen and oxygen atoms in total. The Hall–Kier alpha value is -1.09. The maximum atomic E-state index is 4.86. The molecule has 0 aliphatic heterocycles. The van der Waals surface area contributed by atoms with Gasteiger partial charge in [-0.1, -0.05) is 33.3 Å². The summed E-state index contributed by atoms with van der Waals surface area (Å²) in [4.78, 5) is 7.32. The van der Waals surface area contributed by atoms with Crippen LogP contribution in [0.2, 0.25) is 0 Å². The number of hydrogen-bond acceptors (Lipinski definition) is 3. The number of unbranched alkanes of at least 4 members (excludes halogenated alkanes) is 1. The summed E-state index contributed by atoms with van der Waals surface area (Å²) in [6.45, 7) is 14.2. The summed E-state index contributed by atoms with van der Waals surface area (Å²) in [5.41, 5.74) is 2.47. The molecule has 0 saturated carbocycles. The number of pyridine rings is 1. The van der Waals surface area contributed by atoms with Crippen LogP contribution in [0.4, 0.5) is 5.82 Å². The average molecular weight is 291 g/mol. The van der Waals surface area contributed by atoms with E-state index in [0.29, 0.717) is 6.04 Å². The highest BCUT2D eigenvalue weighted by Crippen LogP contribution is 2.19. The van der Waals surface area contributed by atoms with Crippen molar-refractivity contribution in [3.05, 3.63) is 23.4 Å². The van der Waals surface area contributed by atoms with Gasteiger partial charge in [-0.3, -0.25) is 0 Å². The van der Waals surface area contributed by atoms with Crippen LogP contribution in [0.15, 0.2) is 12.1 Å². The highest BCUT2D eigenvalue weighted by atomic mass is 15.2. The zero-order chi connectivity index (χ0) is 15.7. The predicted octanol–water partition coefficient (Wildman–Crippen LogP) is 4.29. The van der Waals surface area contributed by atoms with Crippen LogP contribution in [0.25, 0.3) is 0 Å². The molecule has 0 bridgehead atoms. The smallest absolute Gasteiger partial charge is 0.129 e. The molecule has 1 rings (SSSR count). The molecular formula is C18H33N3. The van der Waals surface area contributed by atoms with Gasteiger partial charge in [-0.05, 0) is 51.3 Å². The molecule has 0 aliphatic rings. The van der Waals surface area contributed by atoms with Crippen LogP contribution in [0.5, 0.6) is 0 Å². The number of nitrogens with one attached hydrogen (secondary N) is 1. The Bertz CT molecular complexity index is 403. The molecule has 1 heterocycles. The third kappa shape index (κ3) is 5.66. The van der Waals surface area contributed by atoms with Crippen LogP contribution >= 0.6 is 0 Å². The van der Waals surface area contributed by atoms with Crippen molar-refractivity contribution in [3.63, 3.8) is 0 Å². The van der Waals surface area contributed by atoms with E-state index in [1.165, 1.54) is 24.8 Å². The number of aromatic nitrogens is 1. The van der Waals surface area contributed by atoms with Gasteiger partial charge in [0, 0.05) is 24.8 Å². The number of nitrogens with zero attached hydrogens (tertiary/aromatic N) is 2. The Morgan fingerprint density at radius 2 is 1.95 bits per heavy atom. The molecule has 1 unspecified atom stereocenters. The van der Waals surface area contributed by atoms with Gasteiger partial charge in [0.15, 0.2) is 0 Å². The van der Waals surface area contributed by atoms with E-state index in [-0.39, 0.29) is 0 Å². The highest BCUT2D eigenvalue weighted by molar-refractivity contribution is 5.42. The molecule has 0 radical (unpaired) electrons. The fourth-order valence-corrected chi connectivity index (χ4v) is 2.43. The summed E-state index contributed by atoms with van der Waals surface area (Å²) in [7, 11) is 0. The van der Waals surface area contributed by atoms with Gasteiger partial charge in [0.2, 0.25) is 0 Å². The second kappa shape index (κ2) is 9.78. The van der Waals surface area contributed by atoms with Crippen LogP contribution in [0.1, 0.15) is 64.6 Å². The number of hydrogen-bond donors (Lipinski definition) is 1. The third-order valence-electron chi connectivity index (χ3n) is 4.09. The molecule has 0 amide bonds. The number of anilines is 1. The molecule has 0 spiro atoms. The van der Waals surface area contributed by atoms with Gasteiger partial charge >= 0.3 is 0 Å². The summed E-state index contributed by atoms with van der Waals surface area (Å²) in [6.07, 6.45) is 4.78. The van der Waals surface area contributed by atoms with Gasteiger partial charge < -0.3 is 10.2 Å². The maximum absolute atomic E-state index is 4.86. The molecule has 0 aliphatic carbocycles. The predicted molar refractivity (Wildman–Crippen MR) is 93.0 cm³/mol. The SMILES string of the molecule is CCCCN(c1ccc(CNCCC)c(C)n1)C(C)CC. The van der Waals surface area contributed by atoms with Crippen LogP contribution in [-0.4, -0.2) is 24.1 Å². The quantitative estimate of drug-likeness (QED) is 0.652. The van der Waals surface area contributed by atoms with Crippen LogP contribution < -0.4 is 10.2 Å². The van der Waals surface area contributed by atoms with Crippen molar-refractivity contribution < 1.29 is 0 Å². The van der Waals surface area contributed by atoms with Crippen molar-refractivity contribution >= 4 is 5.82 Å². The molecule has 0 saturated heterocycles. The zero-order valence-corrected chi connectivity index (χ0v) is 14.6. The summed E-state index contributed by atoms with van der Waals surface area (Å²) < 4.78 is 0. The summed E-state index contributed by atoms with van der Waals surface area (Å²) >= 11 is 0. The van der Waals surface area contributed by atoms with Gasteiger partial charge in [0.25, 0.3) is 0 Å². The first-order chi connectivity index (χ1) is 10.1. The van der Waals surface area contributed by atoms with Gasteiger partial charge in [-0.2, -0.15) is 0 Å². The van der Waals surface area contributed by atoms with E-state index in [2.05, 4.69) is 57.0 Å². The summed E-state index contributed by atoms with van der Waals surface area (Å²) in [5.74, 6) is 1.13. The Labute approximate surface area is 131 Å². The summed E-state index contributed by atoms with van der Waals surface area (Å²) in [5, 5.41) is 3.46. The van der Waals surface area contributed by atoms with Crippen LogP contribution in [0, 0.1) is 6.92 Å². The van der Waals surface area contributed by atoms with Crippen LogP contribution in [-0.2, 0) is 6.54 Å². The first-order valence-corrected chi connectivity index (χ1v) is 8.57. The van der Waals surface area contributed by atoms with E-state index in [4.69, 9.17) is 4.98 Å². The first-order valence-electron chi connectivity index (χ1n) is 8.57. The Morgan fingerprint density at radius 1 is 1.19 bits per heavy atom. The molecule has 1 N–H and O–H groups in total. The van der Waals surface area contributed by atoms with Crippen molar-refractivity contribution in [2.45, 2.75) is 72.9 Å². The monoisotopic (exact) mass is 291 g/mol. The molecule has 3 heteroatoms. The fraction of sp³-hybridized carbons (Fsp3) is 0.722. The standard InChI is InChI=1S/C18H33N3/c1-6-9-13-21(15(4)8-3)18-11-10-17(16(5)20-18)14-19-12-7-2/h10-11,15,19H,6-9,12-14H2,1-5H3. The lowest BCUT2D eigenvalue weighted by atomic mass is 10.1. The molecule has 1 atom stereocenters. The topological polar surface area (TPSA) is 28.2 Å². The second-order valence-electron chi connectivity index (χ2n) is 5.89. The van der Waals surface area contributed by atoms with Crippen molar-refractivity contribution in [2.24, 2.45) is 0 Å². The molecule has 1 aromatic rings. The average Bonchev–Trinajstić information content (AvgIpc) is 2.49. The lowest BCUT2D eigenvalue weighted by Gasteiger charge is -2.30. The Balaban J connectivity index is 2.82. The van der Waals surface area contributed by atoms with E-state index in [1.54, 1.807) is 0 Å². The van der Waals surface area contributed by atoms with E-state index in [0.717, 1.165) is 37.6 Å². The van der Waals surface area contributed by atoms with E-state index in [1.807, 2.05) is 0 Å². The Morgan fingerprint density at radius 3 is 2.52 bits per heavy atom.